The fraction of sp³-hybridized carbons (Fsp3) is 0.200. The highest BCUT2D eigenvalue weighted by Crippen LogP contribution is 2.15. The van der Waals surface area contributed by atoms with E-state index in [-0.39, 0.29) is 17.3 Å². The van der Waals surface area contributed by atoms with Crippen LogP contribution in [-0.4, -0.2) is 23.5 Å². The smallest absolute Gasteiger partial charge is 0.345 e. The first kappa shape index (κ1) is 11.3. The van der Waals surface area contributed by atoms with Gasteiger partial charge in [0.2, 0.25) is 0 Å². The molecular formula is C10H9NO3S. The van der Waals surface area contributed by atoms with Gasteiger partial charge < -0.3 is 10.4 Å². The molecule has 1 aromatic heterocycles. The van der Waals surface area contributed by atoms with Crippen molar-refractivity contribution in [1.82, 2.24) is 5.32 Å². The summed E-state index contributed by atoms with van der Waals surface area (Å²) in [5.74, 6) is 4.01. The van der Waals surface area contributed by atoms with Crippen LogP contribution in [0.1, 0.15) is 26.3 Å². The molecule has 0 aliphatic carbocycles. The predicted octanol–water partition coefficient (Wildman–Crippen LogP) is 1.20. The van der Waals surface area contributed by atoms with Crippen molar-refractivity contribution in [3.8, 4) is 11.8 Å². The third-order valence-electron chi connectivity index (χ3n) is 1.55. The summed E-state index contributed by atoms with van der Waals surface area (Å²) in [5, 5.41) is 11.2. The number of rotatable bonds is 3. The van der Waals surface area contributed by atoms with E-state index < -0.39 is 5.97 Å². The minimum absolute atomic E-state index is 0.154. The van der Waals surface area contributed by atoms with E-state index in [4.69, 9.17) is 5.11 Å². The van der Waals surface area contributed by atoms with E-state index in [1.807, 2.05) is 0 Å². The molecule has 1 amide bonds. The molecule has 0 aliphatic heterocycles. The zero-order valence-electron chi connectivity index (χ0n) is 8.03. The van der Waals surface area contributed by atoms with Crippen LogP contribution in [0.2, 0.25) is 0 Å². The average Bonchev–Trinajstić information content (AvgIpc) is 2.66. The van der Waals surface area contributed by atoms with Crippen molar-refractivity contribution in [1.29, 1.82) is 0 Å². The second-order valence-electron chi connectivity index (χ2n) is 2.58. The molecule has 0 fully saturated rings. The monoisotopic (exact) mass is 223 g/mol. The lowest BCUT2D eigenvalue weighted by atomic mass is 10.4. The van der Waals surface area contributed by atoms with Crippen molar-refractivity contribution in [3.63, 3.8) is 0 Å². The number of nitrogens with one attached hydrogen (secondary N) is 1. The highest BCUT2D eigenvalue weighted by molar-refractivity contribution is 7.15. The zero-order chi connectivity index (χ0) is 11.3. The molecule has 1 rings (SSSR count). The molecule has 0 aliphatic rings. The minimum Gasteiger partial charge on any atom is -0.477 e. The van der Waals surface area contributed by atoms with E-state index in [9.17, 15) is 9.59 Å². The molecule has 0 saturated carbocycles. The van der Waals surface area contributed by atoms with Gasteiger partial charge in [-0.15, -0.1) is 17.3 Å². The van der Waals surface area contributed by atoms with Crippen molar-refractivity contribution >= 4 is 23.2 Å². The van der Waals surface area contributed by atoms with Crippen LogP contribution >= 0.6 is 11.3 Å². The molecule has 0 saturated heterocycles. The quantitative estimate of drug-likeness (QED) is 0.757. The maximum atomic E-state index is 11.4. The van der Waals surface area contributed by atoms with Crippen LogP contribution in [0.25, 0.3) is 0 Å². The molecule has 1 aromatic rings. The van der Waals surface area contributed by atoms with E-state index in [2.05, 4.69) is 17.2 Å². The lowest BCUT2D eigenvalue weighted by Gasteiger charge is -1.96. The van der Waals surface area contributed by atoms with Crippen molar-refractivity contribution in [3.05, 3.63) is 21.9 Å². The van der Waals surface area contributed by atoms with Crippen LogP contribution in [-0.2, 0) is 0 Å². The Balaban J connectivity index is 2.64. The topological polar surface area (TPSA) is 66.4 Å². The summed E-state index contributed by atoms with van der Waals surface area (Å²) in [6, 6.07) is 2.90. The third kappa shape index (κ3) is 3.11. The normalized spacial score (nSPS) is 8.87. The van der Waals surface area contributed by atoms with Gasteiger partial charge in [0, 0.05) is 0 Å². The Bertz CT molecular complexity index is 439. The van der Waals surface area contributed by atoms with Crippen molar-refractivity contribution in [2.75, 3.05) is 6.54 Å². The number of hydrogen-bond acceptors (Lipinski definition) is 3. The summed E-state index contributed by atoms with van der Waals surface area (Å²) in [6.07, 6.45) is 0. The largest absolute Gasteiger partial charge is 0.477 e. The Labute approximate surface area is 90.9 Å². The van der Waals surface area contributed by atoms with Gasteiger partial charge in [-0.05, 0) is 19.1 Å². The van der Waals surface area contributed by atoms with E-state index >= 15 is 0 Å². The second-order valence-corrected chi connectivity index (χ2v) is 3.66. The van der Waals surface area contributed by atoms with Crippen LogP contribution in [0.5, 0.6) is 0 Å². The van der Waals surface area contributed by atoms with E-state index in [1.165, 1.54) is 12.1 Å². The molecule has 4 nitrogen and oxygen atoms in total. The summed E-state index contributed by atoms with van der Waals surface area (Å²) < 4.78 is 0. The summed E-state index contributed by atoms with van der Waals surface area (Å²) in [5.41, 5.74) is 0. The van der Waals surface area contributed by atoms with Crippen molar-refractivity contribution in [2.45, 2.75) is 6.92 Å². The molecule has 0 atom stereocenters. The maximum Gasteiger partial charge on any atom is 0.345 e. The van der Waals surface area contributed by atoms with Crippen molar-refractivity contribution in [2.24, 2.45) is 0 Å². The van der Waals surface area contributed by atoms with Gasteiger partial charge in [-0.3, -0.25) is 4.79 Å². The number of hydrogen-bond donors (Lipinski definition) is 2. The Kier molecular flexibility index (Phi) is 3.89. The highest BCUT2D eigenvalue weighted by atomic mass is 32.1. The molecule has 0 unspecified atom stereocenters. The Hall–Kier alpha value is -1.80. The van der Waals surface area contributed by atoms with Crippen LogP contribution < -0.4 is 5.32 Å². The van der Waals surface area contributed by atoms with Gasteiger partial charge in [-0.2, -0.15) is 0 Å². The molecule has 0 spiro atoms. The number of carboxylic acids is 1. The number of carbonyl (C=O) groups excluding carboxylic acids is 1. The molecule has 15 heavy (non-hydrogen) atoms. The fourth-order valence-electron chi connectivity index (χ4n) is 0.875. The predicted molar refractivity (Wildman–Crippen MR) is 57.1 cm³/mol. The second kappa shape index (κ2) is 5.17. The van der Waals surface area contributed by atoms with Crippen LogP contribution in [0.15, 0.2) is 12.1 Å². The standard InChI is InChI=1S/C10H9NO3S/c1-2-3-6-11-9(12)7-4-5-8(15-7)10(13)14/h4-5H,6H2,1H3,(H,11,12)(H,13,14). The van der Waals surface area contributed by atoms with Gasteiger partial charge >= 0.3 is 5.97 Å². The maximum absolute atomic E-state index is 11.4. The Morgan fingerprint density at radius 3 is 2.67 bits per heavy atom. The van der Waals surface area contributed by atoms with Gasteiger partial charge in [0.1, 0.15) is 4.88 Å². The number of aromatic carboxylic acids is 1. The number of thiophene rings is 1. The summed E-state index contributed by atoms with van der Waals surface area (Å²) in [7, 11) is 0. The molecule has 0 bridgehead atoms. The Morgan fingerprint density at radius 1 is 1.47 bits per heavy atom. The number of carbonyl (C=O) groups is 2. The molecule has 1 heterocycles. The van der Waals surface area contributed by atoms with Gasteiger partial charge in [0.05, 0.1) is 11.4 Å². The van der Waals surface area contributed by atoms with Gasteiger partial charge in [0.15, 0.2) is 0 Å². The Morgan fingerprint density at radius 2 is 2.13 bits per heavy atom. The molecule has 78 valence electrons. The van der Waals surface area contributed by atoms with Gasteiger partial charge in [-0.25, -0.2) is 4.79 Å². The van der Waals surface area contributed by atoms with E-state index in [1.54, 1.807) is 6.92 Å². The minimum atomic E-state index is -1.02. The van der Waals surface area contributed by atoms with Gasteiger partial charge in [0.25, 0.3) is 5.91 Å². The molecule has 2 N–H and O–H groups in total. The first-order chi connectivity index (χ1) is 7.15. The average molecular weight is 223 g/mol. The summed E-state index contributed by atoms with van der Waals surface area (Å²) >= 11 is 0.947. The SMILES string of the molecule is CC#CCNC(=O)c1ccc(C(=O)O)s1. The lowest BCUT2D eigenvalue weighted by molar-refractivity contribution is 0.0702. The van der Waals surface area contributed by atoms with E-state index in [0.717, 1.165) is 11.3 Å². The summed E-state index contributed by atoms with van der Waals surface area (Å²) in [6.45, 7) is 1.95. The highest BCUT2D eigenvalue weighted by Gasteiger charge is 2.11. The van der Waals surface area contributed by atoms with Crippen LogP contribution in [0, 0.1) is 11.8 Å². The van der Waals surface area contributed by atoms with E-state index in [0.29, 0.717) is 4.88 Å². The third-order valence-corrected chi connectivity index (χ3v) is 2.63. The molecular weight excluding hydrogens is 214 g/mol. The molecule has 5 heteroatoms. The van der Waals surface area contributed by atoms with Crippen LogP contribution in [0.4, 0.5) is 0 Å². The molecule has 0 aromatic carbocycles. The van der Waals surface area contributed by atoms with Gasteiger partial charge in [-0.1, -0.05) is 5.92 Å². The van der Waals surface area contributed by atoms with Crippen molar-refractivity contribution < 1.29 is 14.7 Å². The number of carboxylic acid groups (broad SMARTS) is 1. The number of amides is 1. The van der Waals surface area contributed by atoms with Crippen LogP contribution in [0.3, 0.4) is 0 Å². The fourth-order valence-corrected chi connectivity index (χ4v) is 1.64. The first-order valence-corrected chi connectivity index (χ1v) is 4.97. The first-order valence-electron chi connectivity index (χ1n) is 4.16. The zero-order valence-corrected chi connectivity index (χ0v) is 8.85. The lowest BCUT2D eigenvalue weighted by Crippen LogP contribution is -2.22. The summed E-state index contributed by atoms with van der Waals surface area (Å²) in [4.78, 5) is 22.5. The molecule has 0 radical (unpaired) electrons.